The van der Waals surface area contributed by atoms with Gasteiger partial charge in [0, 0.05) is 17.9 Å². The largest absolute Gasteiger partial charge is 0.299 e. The molecule has 13 heavy (non-hydrogen) atoms. The van der Waals surface area contributed by atoms with Crippen molar-refractivity contribution >= 4 is 17.4 Å². The van der Waals surface area contributed by atoms with Crippen LogP contribution in [-0.2, 0) is 11.2 Å². The molecule has 1 aliphatic rings. The topological polar surface area (TPSA) is 17.1 Å². The molecular weight excluding hydrogens is 184 g/mol. The summed E-state index contributed by atoms with van der Waals surface area (Å²) in [5.74, 6) is 0.664. The number of carbonyl (C=O) groups is 1. The molecule has 2 heteroatoms. The van der Waals surface area contributed by atoms with Crippen molar-refractivity contribution in [3.05, 3.63) is 34.3 Å². The number of fused-ring (bicyclic) bond motifs is 1. The Hall–Kier alpha value is -0.820. The van der Waals surface area contributed by atoms with Crippen molar-refractivity contribution in [2.45, 2.75) is 25.7 Å². The van der Waals surface area contributed by atoms with E-state index in [0.29, 0.717) is 24.5 Å². The van der Waals surface area contributed by atoms with Crippen molar-refractivity contribution in [3.8, 4) is 0 Å². The molecule has 1 atom stereocenters. The van der Waals surface area contributed by atoms with Gasteiger partial charge in [-0.15, -0.1) is 0 Å². The summed E-state index contributed by atoms with van der Waals surface area (Å²) >= 11 is 5.89. The molecule has 0 N–H and O–H groups in total. The Morgan fingerprint density at radius 3 is 3.00 bits per heavy atom. The highest BCUT2D eigenvalue weighted by Gasteiger charge is 2.21. The van der Waals surface area contributed by atoms with E-state index in [1.54, 1.807) is 0 Å². The predicted octanol–water partition coefficient (Wildman–Crippen LogP) is 2.96. The van der Waals surface area contributed by atoms with Gasteiger partial charge in [-0.2, -0.15) is 0 Å². The van der Waals surface area contributed by atoms with Crippen molar-refractivity contribution in [1.82, 2.24) is 0 Å². The van der Waals surface area contributed by atoms with Gasteiger partial charge < -0.3 is 0 Å². The highest BCUT2D eigenvalue weighted by molar-refractivity contribution is 6.30. The van der Waals surface area contributed by atoms with Gasteiger partial charge in [0.1, 0.15) is 5.78 Å². The third-order valence-corrected chi connectivity index (χ3v) is 2.80. The molecule has 0 amide bonds. The fraction of sp³-hybridized carbons (Fsp3) is 0.364. The minimum absolute atomic E-state index is 0.329. The second-order valence-electron chi connectivity index (χ2n) is 3.66. The van der Waals surface area contributed by atoms with E-state index in [1.807, 2.05) is 18.2 Å². The lowest BCUT2D eigenvalue weighted by molar-refractivity contribution is -0.119. The van der Waals surface area contributed by atoms with Crippen molar-refractivity contribution in [2.75, 3.05) is 0 Å². The molecule has 0 radical (unpaired) electrons. The molecule has 2 rings (SSSR count). The first-order valence-corrected chi connectivity index (χ1v) is 4.84. The number of hydrogen-bond acceptors (Lipinski definition) is 1. The molecule has 0 bridgehead atoms. The Kier molecular flexibility index (Phi) is 2.12. The first kappa shape index (κ1) is 8.76. The molecule has 1 unspecified atom stereocenters. The van der Waals surface area contributed by atoms with Crippen LogP contribution in [0.3, 0.4) is 0 Å². The molecule has 1 aromatic carbocycles. The first-order valence-electron chi connectivity index (χ1n) is 4.47. The maximum atomic E-state index is 11.3. The fourth-order valence-corrected chi connectivity index (χ4v) is 2.10. The number of Topliss-reactive ketones (excluding diaryl/α,β-unsaturated/α-hetero) is 1. The molecule has 0 fully saturated rings. The van der Waals surface area contributed by atoms with Crippen LogP contribution in [0.4, 0.5) is 0 Å². The number of halogens is 1. The summed E-state index contributed by atoms with van der Waals surface area (Å²) in [6.07, 6.45) is 1.24. The second kappa shape index (κ2) is 3.15. The zero-order valence-electron chi connectivity index (χ0n) is 7.51. The molecule has 1 aromatic rings. The Morgan fingerprint density at radius 1 is 1.46 bits per heavy atom. The summed E-state index contributed by atoms with van der Waals surface area (Å²) in [6.45, 7) is 2.08. The summed E-state index contributed by atoms with van der Waals surface area (Å²) in [4.78, 5) is 11.3. The van der Waals surface area contributed by atoms with E-state index in [9.17, 15) is 4.79 Å². The van der Waals surface area contributed by atoms with Crippen LogP contribution >= 0.6 is 11.6 Å². The zero-order valence-corrected chi connectivity index (χ0v) is 8.27. The number of rotatable bonds is 0. The Labute approximate surface area is 82.7 Å². The molecule has 0 aromatic heterocycles. The SMILES string of the molecule is CC1CC(=O)Cc2ccc(Cl)cc21. The molecular formula is C11H11ClO. The van der Waals surface area contributed by atoms with Gasteiger partial charge in [0.15, 0.2) is 0 Å². The van der Waals surface area contributed by atoms with E-state index in [1.165, 1.54) is 5.56 Å². The minimum atomic E-state index is 0.329. The molecule has 1 nitrogen and oxygen atoms in total. The molecule has 0 saturated carbocycles. The van der Waals surface area contributed by atoms with Crippen LogP contribution in [0.5, 0.6) is 0 Å². The molecule has 0 aliphatic heterocycles. The number of ketones is 1. The van der Waals surface area contributed by atoms with E-state index < -0.39 is 0 Å². The van der Waals surface area contributed by atoms with Gasteiger partial charge in [-0.1, -0.05) is 24.6 Å². The predicted molar refractivity (Wildman–Crippen MR) is 53.2 cm³/mol. The third kappa shape index (κ3) is 1.61. The Bertz CT molecular complexity index is 357. The van der Waals surface area contributed by atoms with Gasteiger partial charge in [-0.25, -0.2) is 0 Å². The van der Waals surface area contributed by atoms with Gasteiger partial charge >= 0.3 is 0 Å². The van der Waals surface area contributed by atoms with Crippen molar-refractivity contribution in [3.63, 3.8) is 0 Å². The Morgan fingerprint density at radius 2 is 2.23 bits per heavy atom. The van der Waals surface area contributed by atoms with Gasteiger partial charge in [-0.05, 0) is 29.2 Å². The number of carbonyl (C=O) groups excluding carboxylic acids is 1. The van der Waals surface area contributed by atoms with Gasteiger partial charge in [0.05, 0.1) is 0 Å². The number of benzene rings is 1. The minimum Gasteiger partial charge on any atom is -0.299 e. The van der Waals surface area contributed by atoms with Crippen LogP contribution in [0.2, 0.25) is 5.02 Å². The van der Waals surface area contributed by atoms with Crippen LogP contribution in [0.1, 0.15) is 30.4 Å². The van der Waals surface area contributed by atoms with Crippen LogP contribution in [-0.4, -0.2) is 5.78 Å². The lowest BCUT2D eigenvalue weighted by atomic mass is 9.83. The lowest BCUT2D eigenvalue weighted by Crippen LogP contribution is -2.16. The zero-order chi connectivity index (χ0) is 9.42. The normalized spacial score (nSPS) is 21.4. The first-order chi connectivity index (χ1) is 6.16. The smallest absolute Gasteiger partial charge is 0.137 e. The molecule has 0 spiro atoms. The lowest BCUT2D eigenvalue weighted by Gasteiger charge is -2.21. The van der Waals surface area contributed by atoms with Crippen LogP contribution in [0.25, 0.3) is 0 Å². The van der Waals surface area contributed by atoms with Crippen LogP contribution in [0, 0.1) is 0 Å². The van der Waals surface area contributed by atoms with E-state index in [4.69, 9.17) is 11.6 Å². The maximum Gasteiger partial charge on any atom is 0.137 e. The maximum absolute atomic E-state index is 11.3. The Balaban J connectivity index is 2.49. The molecule has 68 valence electrons. The summed E-state index contributed by atoms with van der Waals surface area (Å²) in [6, 6.07) is 5.80. The molecule has 1 aliphatic carbocycles. The van der Waals surface area contributed by atoms with Crippen LogP contribution in [0.15, 0.2) is 18.2 Å². The average molecular weight is 195 g/mol. The van der Waals surface area contributed by atoms with Gasteiger partial charge in [0.25, 0.3) is 0 Å². The summed E-state index contributed by atoms with van der Waals surface area (Å²) in [7, 11) is 0. The highest BCUT2D eigenvalue weighted by atomic mass is 35.5. The number of hydrogen-bond donors (Lipinski definition) is 0. The monoisotopic (exact) mass is 194 g/mol. The summed E-state index contributed by atoms with van der Waals surface area (Å²) < 4.78 is 0. The van der Waals surface area contributed by atoms with E-state index in [-0.39, 0.29) is 0 Å². The fourth-order valence-electron chi connectivity index (χ4n) is 1.92. The standard InChI is InChI=1S/C11H11ClO/c1-7-4-10(13)5-8-2-3-9(12)6-11(7)8/h2-3,6-7H,4-5H2,1H3. The van der Waals surface area contributed by atoms with Gasteiger partial charge in [0.2, 0.25) is 0 Å². The molecule has 0 heterocycles. The summed E-state index contributed by atoms with van der Waals surface area (Å²) in [5, 5.41) is 0.764. The van der Waals surface area contributed by atoms with Gasteiger partial charge in [-0.3, -0.25) is 4.79 Å². The average Bonchev–Trinajstić information content (AvgIpc) is 2.06. The van der Waals surface area contributed by atoms with Crippen LogP contribution < -0.4 is 0 Å². The van der Waals surface area contributed by atoms with E-state index >= 15 is 0 Å². The summed E-state index contributed by atoms with van der Waals surface area (Å²) in [5.41, 5.74) is 2.39. The quantitative estimate of drug-likeness (QED) is 0.621. The third-order valence-electron chi connectivity index (χ3n) is 2.56. The van der Waals surface area contributed by atoms with Crippen molar-refractivity contribution in [1.29, 1.82) is 0 Å². The van der Waals surface area contributed by atoms with Crippen molar-refractivity contribution < 1.29 is 4.79 Å². The van der Waals surface area contributed by atoms with E-state index in [2.05, 4.69) is 6.92 Å². The second-order valence-corrected chi connectivity index (χ2v) is 4.10. The molecule has 0 saturated heterocycles. The van der Waals surface area contributed by atoms with Crippen molar-refractivity contribution in [2.24, 2.45) is 0 Å². The van der Waals surface area contributed by atoms with E-state index in [0.717, 1.165) is 10.6 Å². The highest BCUT2D eigenvalue weighted by Crippen LogP contribution is 2.31.